The summed E-state index contributed by atoms with van der Waals surface area (Å²) in [6, 6.07) is 16.6. The lowest BCUT2D eigenvalue weighted by atomic mass is 10.1. The summed E-state index contributed by atoms with van der Waals surface area (Å²) in [5.41, 5.74) is 0.795. The fourth-order valence-corrected chi connectivity index (χ4v) is 5.54. The van der Waals surface area contributed by atoms with Crippen molar-refractivity contribution in [1.29, 1.82) is 0 Å². The Morgan fingerprint density at radius 3 is 2.25 bits per heavy atom. The van der Waals surface area contributed by atoms with Gasteiger partial charge in [0.1, 0.15) is 24.2 Å². The monoisotopic (exact) mass is 589 g/mol. The second kappa shape index (κ2) is 14.1. The van der Waals surface area contributed by atoms with E-state index in [0.29, 0.717) is 35.9 Å². The number of benzene rings is 3. The van der Waals surface area contributed by atoms with E-state index in [4.69, 9.17) is 16.3 Å². The van der Waals surface area contributed by atoms with Crippen molar-refractivity contribution in [3.63, 3.8) is 0 Å². The van der Waals surface area contributed by atoms with Crippen molar-refractivity contribution in [2.45, 2.75) is 44.7 Å². The molecule has 0 radical (unpaired) electrons. The molecule has 0 aliphatic heterocycles. The topological polar surface area (TPSA) is 96.0 Å². The van der Waals surface area contributed by atoms with Gasteiger partial charge in [-0.25, -0.2) is 12.8 Å². The first-order valence-corrected chi connectivity index (χ1v) is 14.7. The highest BCUT2D eigenvalue weighted by Gasteiger charge is 2.32. The lowest BCUT2D eigenvalue weighted by Gasteiger charge is -2.32. The van der Waals surface area contributed by atoms with E-state index in [-0.39, 0.29) is 23.0 Å². The van der Waals surface area contributed by atoms with Gasteiger partial charge in [0, 0.05) is 18.1 Å². The molecule has 0 heterocycles. The molecule has 0 saturated carbocycles. The molecule has 0 bridgehead atoms. The van der Waals surface area contributed by atoms with E-state index in [1.807, 2.05) is 13.8 Å². The number of ether oxygens (including phenoxy) is 1. The number of hydrogen-bond acceptors (Lipinski definition) is 5. The summed E-state index contributed by atoms with van der Waals surface area (Å²) in [5.74, 6) is -1.08. The predicted octanol–water partition coefficient (Wildman–Crippen LogP) is 5.02. The lowest BCUT2D eigenvalue weighted by molar-refractivity contribution is -0.139. The number of rotatable bonds is 13. The molecule has 8 nitrogen and oxygen atoms in total. The van der Waals surface area contributed by atoms with Crippen LogP contribution in [0.1, 0.15) is 32.8 Å². The van der Waals surface area contributed by atoms with Gasteiger partial charge in [-0.05, 0) is 80.4 Å². The van der Waals surface area contributed by atoms with Gasteiger partial charge in [0.25, 0.3) is 10.0 Å². The number of hydrogen-bond donors (Lipinski definition) is 1. The Labute approximate surface area is 239 Å². The fraction of sp³-hybridized carbons (Fsp3) is 0.310. The maximum Gasteiger partial charge on any atom is 0.264 e. The molecule has 40 heavy (non-hydrogen) atoms. The summed E-state index contributed by atoms with van der Waals surface area (Å²) in [6.45, 7) is 5.51. The molecule has 1 atom stereocenters. The van der Waals surface area contributed by atoms with E-state index in [9.17, 15) is 22.4 Å². The molecule has 0 aromatic heterocycles. The largest absolute Gasteiger partial charge is 0.494 e. The Kier molecular flexibility index (Phi) is 10.9. The number of halogens is 2. The summed E-state index contributed by atoms with van der Waals surface area (Å²) in [4.78, 5) is 27.9. The first-order valence-electron chi connectivity index (χ1n) is 12.9. The molecule has 0 unspecified atom stereocenters. The Balaban J connectivity index is 2.03. The maximum absolute atomic E-state index is 13.9. The van der Waals surface area contributed by atoms with Crippen LogP contribution in [0.2, 0.25) is 5.02 Å². The average Bonchev–Trinajstić information content (AvgIpc) is 2.94. The van der Waals surface area contributed by atoms with Crippen molar-refractivity contribution >= 4 is 39.1 Å². The molecule has 0 fully saturated rings. The van der Waals surface area contributed by atoms with Crippen LogP contribution in [-0.2, 0) is 26.2 Å². The zero-order chi connectivity index (χ0) is 29.3. The third-order valence-corrected chi connectivity index (χ3v) is 8.29. The number of carbonyl (C=O) groups excluding carboxylic acids is 2. The first-order chi connectivity index (χ1) is 19.1. The fourth-order valence-electron chi connectivity index (χ4n) is 3.93. The van der Waals surface area contributed by atoms with Crippen LogP contribution in [0.5, 0.6) is 5.75 Å². The van der Waals surface area contributed by atoms with Gasteiger partial charge in [0.05, 0.1) is 17.2 Å². The van der Waals surface area contributed by atoms with E-state index in [0.717, 1.165) is 28.6 Å². The van der Waals surface area contributed by atoms with Crippen molar-refractivity contribution in [3.8, 4) is 5.75 Å². The van der Waals surface area contributed by atoms with E-state index >= 15 is 0 Å². The van der Waals surface area contributed by atoms with Crippen molar-refractivity contribution in [2.75, 3.05) is 24.0 Å². The maximum atomic E-state index is 13.9. The summed E-state index contributed by atoms with van der Waals surface area (Å²) in [7, 11) is -4.31. The Morgan fingerprint density at radius 1 is 1.00 bits per heavy atom. The van der Waals surface area contributed by atoms with Crippen LogP contribution in [0.3, 0.4) is 0 Å². The van der Waals surface area contributed by atoms with Gasteiger partial charge in [-0.15, -0.1) is 0 Å². The molecule has 2 amide bonds. The van der Waals surface area contributed by atoms with Gasteiger partial charge in [-0.2, -0.15) is 0 Å². The van der Waals surface area contributed by atoms with E-state index in [2.05, 4.69) is 5.32 Å². The molecular weight excluding hydrogens is 557 g/mol. The average molecular weight is 590 g/mol. The summed E-state index contributed by atoms with van der Waals surface area (Å²) in [6.07, 6.45) is 0.707. The van der Waals surface area contributed by atoms with Crippen LogP contribution < -0.4 is 14.4 Å². The third-order valence-electron chi connectivity index (χ3n) is 6.13. The van der Waals surface area contributed by atoms with E-state index in [1.165, 1.54) is 17.0 Å². The van der Waals surface area contributed by atoms with Gasteiger partial charge < -0.3 is 15.0 Å². The van der Waals surface area contributed by atoms with Gasteiger partial charge >= 0.3 is 0 Å². The molecule has 3 rings (SSSR count). The van der Waals surface area contributed by atoms with Crippen LogP contribution in [0.15, 0.2) is 77.7 Å². The molecule has 0 saturated heterocycles. The summed E-state index contributed by atoms with van der Waals surface area (Å²) < 4.78 is 47.5. The number of sulfonamides is 1. The van der Waals surface area contributed by atoms with Gasteiger partial charge in [0.2, 0.25) is 11.8 Å². The second-order valence-corrected chi connectivity index (χ2v) is 11.2. The molecule has 1 N–H and O–H groups in total. The Hall–Kier alpha value is -3.63. The van der Waals surface area contributed by atoms with Crippen molar-refractivity contribution < 1.29 is 27.1 Å². The third kappa shape index (κ3) is 7.73. The summed E-state index contributed by atoms with van der Waals surface area (Å²) >= 11 is 6.36. The Bertz CT molecular complexity index is 1400. The van der Waals surface area contributed by atoms with Crippen LogP contribution >= 0.6 is 11.6 Å². The highest BCUT2D eigenvalue weighted by atomic mass is 35.5. The molecule has 0 spiro atoms. The normalized spacial score (nSPS) is 11.9. The molecule has 3 aromatic rings. The second-order valence-electron chi connectivity index (χ2n) is 8.97. The molecule has 11 heteroatoms. The minimum atomic E-state index is -4.31. The minimum absolute atomic E-state index is 0.0209. The highest BCUT2D eigenvalue weighted by Crippen LogP contribution is 2.27. The minimum Gasteiger partial charge on any atom is -0.494 e. The number of carbonyl (C=O) groups is 2. The predicted molar refractivity (Wildman–Crippen MR) is 153 cm³/mol. The smallest absolute Gasteiger partial charge is 0.264 e. The van der Waals surface area contributed by atoms with Crippen LogP contribution in [0.25, 0.3) is 0 Å². The van der Waals surface area contributed by atoms with Crippen LogP contribution in [0.4, 0.5) is 10.1 Å². The zero-order valence-corrected chi connectivity index (χ0v) is 24.2. The quantitative estimate of drug-likeness (QED) is 0.302. The number of nitrogens with one attached hydrogen (secondary N) is 1. The van der Waals surface area contributed by atoms with Crippen LogP contribution in [0, 0.1) is 5.82 Å². The van der Waals surface area contributed by atoms with Crippen LogP contribution in [-0.4, -0.2) is 50.9 Å². The first kappa shape index (κ1) is 30.9. The molecule has 3 aromatic carbocycles. The van der Waals surface area contributed by atoms with E-state index < -0.39 is 34.3 Å². The molecule has 0 aliphatic carbocycles. The van der Waals surface area contributed by atoms with Gasteiger partial charge in [0.15, 0.2) is 0 Å². The number of nitrogens with zero attached hydrogens (tertiary/aromatic N) is 2. The number of amides is 2. The van der Waals surface area contributed by atoms with Gasteiger partial charge in [-0.3, -0.25) is 13.9 Å². The standard InChI is InChI=1S/C29H33ClFN3O5S/c1-4-18-32-29(36)21(3)33(19-22-8-6-7-9-27(22)30)28(35)20-34(24-12-14-25(15-13-24)39-5-2)40(37,38)26-16-10-23(31)11-17-26/h6-17,21H,4-5,18-20H2,1-3H3,(H,32,36)/t21-/m0/s1. The van der Waals surface area contributed by atoms with Crippen molar-refractivity contribution in [2.24, 2.45) is 0 Å². The summed E-state index contributed by atoms with van der Waals surface area (Å²) in [5, 5.41) is 3.19. The lowest BCUT2D eigenvalue weighted by Crippen LogP contribution is -2.51. The molecule has 0 aliphatic rings. The van der Waals surface area contributed by atoms with E-state index in [1.54, 1.807) is 43.3 Å². The highest BCUT2D eigenvalue weighted by molar-refractivity contribution is 7.92. The Morgan fingerprint density at radius 2 is 1.65 bits per heavy atom. The SMILES string of the molecule is CCCNC(=O)[C@H](C)N(Cc1ccccc1Cl)C(=O)CN(c1ccc(OCC)cc1)S(=O)(=O)c1ccc(F)cc1. The van der Waals surface area contributed by atoms with Crippen molar-refractivity contribution in [1.82, 2.24) is 10.2 Å². The molecular formula is C29H33ClFN3O5S. The van der Waals surface area contributed by atoms with Crippen molar-refractivity contribution in [3.05, 3.63) is 89.2 Å². The zero-order valence-electron chi connectivity index (χ0n) is 22.6. The molecule has 214 valence electrons. The number of anilines is 1. The van der Waals surface area contributed by atoms with Gasteiger partial charge in [-0.1, -0.05) is 36.7 Å².